The highest BCUT2D eigenvalue weighted by Crippen LogP contribution is 2.28. The molecular weight excluding hydrogens is 472 g/mol. The molecule has 2 aromatic rings. The summed E-state index contributed by atoms with van der Waals surface area (Å²) >= 11 is 4.13. The number of aromatic hydroxyl groups is 1. The van der Waals surface area contributed by atoms with Crippen molar-refractivity contribution in [1.29, 1.82) is 0 Å². The first kappa shape index (κ1) is 14.6. The summed E-state index contributed by atoms with van der Waals surface area (Å²) in [7, 11) is 1.68. The molecule has 1 aromatic carbocycles. The average Bonchev–Trinajstić information content (AvgIpc) is 2.85. The van der Waals surface area contributed by atoms with Crippen LogP contribution in [0.15, 0.2) is 24.5 Å². The van der Waals surface area contributed by atoms with Crippen LogP contribution >= 0.6 is 45.2 Å². The predicted octanol–water partition coefficient (Wildman–Crippen LogP) is 2.60. The molecule has 0 unspecified atom stereocenters. The predicted molar refractivity (Wildman–Crippen MR) is 87.9 cm³/mol. The molecule has 0 aliphatic rings. The van der Waals surface area contributed by atoms with Crippen molar-refractivity contribution >= 4 is 51.1 Å². The number of amides is 1. The van der Waals surface area contributed by atoms with Crippen molar-refractivity contribution < 1.29 is 9.90 Å². The highest BCUT2D eigenvalue weighted by molar-refractivity contribution is 14.1. The van der Waals surface area contributed by atoms with E-state index in [1.54, 1.807) is 25.5 Å². The smallest absolute Gasteiger partial charge is 0.257 e. The maximum atomic E-state index is 12.3. The van der Waals surface area contributed by atoms with Gasteiger partial charge in [-0.1, -0.05) is 0 Å². The van der Waals surface area contributed by atoms with Gasteiger partial charge in [0.1, 0.15) is 11.6 Å². The Bertz CT molecular complexity index is 599. The first-order chi connectivity index (χ1) is 8.99. The molecule has 100 valence electrons. The molecule has 0 fully saturated rings. The monoisotopic (exact) mass is 483 g/mol. The quantitative estimate of drug-likeness (QED) is 0.661. The van der Waals surface area contributed by atoms with E-state index in [0.29, 0.717) is 21.5 Å². The number of carbonyl (C=O) groups excluding carboxylic acids is 1. The minimum atomic E-state index is -0.231. The van der Waals surface area contributed by atoms with Crippen LogP contribution in [0.1, 0.15) is 16.2 Å². The SMILES string of the molecule is CN(Cc1ncc[nH]1)C(=O)c1cc(I)cc(I)c1O. The topological polar surface area (TPSA) is 69.2 Å². The van der Waals surface area contributed by atoms with E-state index >= 15 is 0 Å². The number of carbonyl (C=O) groups is 1. The third-order valence-corrected chi connectivity index (χ3v) is 3.99. The molecule has 0 aliphatic heterocycles. The second-order valence-corrected chi connectivity index (χ2v) is 6.39. The van der Waals surface area contributed by atoms with Crippen LogP contribution in [0.5, 0.6) is 5.75 Å². The summed E-state index contributed by atoms with van der Waals surface area (Å²) < 4.78 is 1.58. The Labute approximate surface area is 137 Å². The second kappa shape index (κ2) is 6.07. The van der Waals surface area contributed by atoms with Crippen LogP contribution in [0, 0.1) is 7.14 Å². The fraction of sp³-hybridized carbons (Fsp3) is 0.167. The normalized spacial score (nSPS) is 10.5. The van der Waals surface area contributed by atoms with Gasteiger partial charge in [0.25, 0.3) is 5.91 Å². The number of phenolic OH excluding ortho intramolecular Hbond substituents is 1. The van der Waals surface area contributed by atoms with Crippen molar-refractivity contribution in [3.63, 3.8) is 0 Å². The molecule has 0 radical (unpaired) electrons. The Morgan fingerprint density at radius 1 is 1.47 bits per heavy atom. The van der Waals surface area contributed by atoms with E-state index in [9.17, 15) is 9.90 Å². The molecule has 2 N–H and O–H groups in total. The van der Waals surface area contributed by atoms with Crippen LogP contribution in [0.4, 0.5) is 0 Å². The molecule has 2 rings (SSSR count). The number of hydrogen-bond acceptors (Lipinski definition) is 3. The largest absolute Gasteiger partial charge is 0.506 e. The van der Waals surface area contributed by atoms with Crippen LogP contribution in [0.2, 0.25) is 0 Å². The highest BCUT2D eigenvalue weighted by Gasteiger charge is 2.19. The molecule has 1 aromatic heterocycles. The molecule has 0 atom stereocenters. The lowest BCUT2D eigenvalue weighted by Gasteiger charge is -2.17. The van der Waals surface area contributed by atoms with Gasteiger partial charge in [0.2, 0.25) is 0 Å². The van der Waals surface area contributed by atoms with Crippen LogP contribution in [0.3, 0.4) is 0 Å². The van der Waals surface area contributed by atoms with Crippen molar-refractivity contribution in [3.05, 3.63) is 43.1 Å². The average molecular weight is 483 g/mol. The van der Waals surface area contributed by atoms with Crippen molar-refractivity contribution in [3.8, 4) is 5.75 Å². The van der Waals surface area contributed by atoms with E-state index < -0.39 is 0 Å². The van der Waals surface area contributed by atoms with Crippen molar-refractivity contribution in [2.24, 2.45) is 0 Å². The van der Waals surface area contributed by atoms with Gasteiger partial charge in [-0.15, -0.1) is 0 Å². The number of rotatable bonds is 3. The number of nitrogens with zero attached hydrogens (tertiary/aromatic N) is 2. The van der Waals surface area contributed by atoms with Gasteiger partial charge < -0.3 is 15.0 Å². The lowest BCUT2D eigenvalue weighted by molar-refractivity contribution is 0.0778. The van der Waals surface area contributed by atoms with Gasteiger partial charge in [-0.05, 0) is 57.3 Å². The van der Waals surface area contributed by atoms with Gasteiger partial charge in [0.15, 0.2) is 0 Å². The number of aromatic nitrogens is 2. The van der Waals surface area contributed by atoms with Crippen LogP contribution in [-0.4, -0.2) is 32.9 Å². The Kier molecular flexibility index (Phi) is 4.66. The molecule has 0 bridgehead atoms. The maximum Gasteiger partial charge on any atom is 0.257 e. The number of phenols is 1. The third-order valence-electron chi connectivity index (χ3n) is 2.55. The minimum absolute atomic E-state index is 0.0253. The zero-order chi connectivity index (χ0) is 14.0. The Morgan fingerprint density at radius 3 is 2.84 bits per heavy atom. The molecule has 0 aliphatic carbocycles. The van der Waals surface area contributed by atoms with Crippen molar-refractivity contribution in [2.75, 3.05) is 7.05 Å². The van der Waals surface area contributed by atoms with Crippen LogP contribution in [-0.2, 0) is 6.54 Å². The fourth-order valence-electron chi connectivity index (χ4n) is 1.62. The molecule has 19 heavy (non-hydrogen) atoms. The summed E-state index contributed by atoms with van der Waals surface area (Å²) in [5.41, 5.74) is 0.311. The molecule has 0 saturated heterocycles. The van der Waals surface area contributed by atoms with Gasteiger partial charge in [-0.25, -0.2) is 4.98 Å². The maximum absolute atomic E-state index is 12.3. The van der Waals surface area contributed by atoms with E-state index in [4.69, 9.17) is 0 Å². The Balaban J connectivity index is 2.24. The summed E-state index contributed by atoms with van der Waals surface area (Å²) in [5.74, 6) is 0.498. The zero-order valence-corrected chi connectivity index (χ0v) is 14.3. The molecule has 1 amide bonds. The summed E-state index contributed by atoms with van der Waals surface area (Å²) in [6, 6.07) is 3.50. The lowest BCUT2D eigenvalue weighted by atomic mass is 10.2. The van der Waals surface area contributed by atoms with Gasteiger partial charge >= 0.3 is 0 Å². The van der Waals surface area contributed by atoms with Gasteiger partial charge in [-0.2, -0.15) is 0 Å². The molecule has 1 heterocycles. The van der Waals surface area contributed by atoms with Crippen LogP contribution < -0.4 is 0 Å². The zero-order valence-electron chi connectivity index (χ0n) is 10.0. The summed E-state index contributed by atoms with van der Waals surface area (Å²) in [6.07, 6.45) is 3.35. The molecule has 7 heteroatoms. The van der Waals surface area contributed by atoms with Crippen LogP contribution in [0.25, 0.3) is 0 Å². The van der Waals surface area contributed by atoms with E-state index in [1.165, 1.54) is 4.90 Å². The fourth-order valence-corrected chi connectivity index (χ4v) is 3.46. The van der Waals surface area contributed by atoms with E-state index in [0.717, 1.165) is 3.57 Å². The molecule has 0 saturated carbocycles. The third kappa shape index (κ3) is 3.38. The number of hydrogen-bond donors (Lipinski definition) is 2. The highest BCUT2D eigenvalue weighted by atomic mass is 127. The summed E-state index contributed by atoms with van der Waals surface area (Å²) in [6.45, 7) is 0.368. The number of nitrogens with one attached hydrogen (secondary N) is 1. The number of halogens is 2. The Morgan fingerprint density at radius 2 is 2.21 bits per heavy atom. The number of imidazole rings is 1. The van der Waals surface area contributed by atoms with Gasteiger partial charge in [-0.3, -0.25) is 4.79 Å². The summed E-state index contributed by atoms with van der Waals surface area (Å²) in [5, 5.41) is 9.99. The van der Waals surface area contributed by atoms with E-state index in [1.807, 2.05) is 28.7 Å². The Hall–Kier alpha value is -0.840. The second-order valence-electron chi connectivity index (χ2n) is 3.98. The first-order valence-corrected chi connectivity index (χ1v) is 7.56. The van der Waals surface area contributed by atoms with Crippen molar-refractivity contribution in [1.82, 2.24) is 14.9 Å². The van der Waals surface area contributed by atoms with E-state index in [-0.39, 0.29) is 11.7 Å². The molecule has 0 spiro atoms. The summed E-state index contributed by atoms with van der Waals surface area (Å²) in [4.78, 5) is 20.8. The van der Waals surface area contributed by atoms with Gasteiger partial charge in [0.05, 0.1) is 15.7 Å². The van der Waals surface area contributed by atoms with Crippen molar-refractivity contribution in [2.45, 2.75) is 6.54 Å². The molecular formula is C12H11I2N3O2. The number of H-pyrrole nitrogens is 1. The van der Waals surface area contributed by atoms with E-state index in [2.05, 4.69) is 32.6 Å². The number of benzene rings is 1. The molecule has 5 nitrogen and oxygen atoms in total. The minimum Gasteiger partial charge on any atom is -0.506 e. The standard InChI is InChI=1S/C12H11I2N3O2/c1-17(6-10-15-2-3-16-10)12(19)8-4-7(13)5-9(14)11(8)18/h2-5,18H,6H2,1H3,(H,15,16). The number of aromatic amines is 1. The lowest BCUT2D eigenvalue weighted by Crippen LogP contribution is -2.27. The van der Waals surface area contributed by atoms with Gasteiger partial charge in [0, 0.05) is 23.0 Å². The first-order valence-electron chi connectivity index (χ1n) is 5.40.